The van der Waals surface area contributed by atoms with Gasteiger partial charge in [0.1, 0.15) is 11.6 Å². The second-order valence-electron chi connectivity index (χ2n) is 11.8. The van der Waals surface area contributed by atoms with Gasteiger partial charge in [0.15, 0.2) is 0 Å². The van der Waals surface area contributed by atoms with Gasteiger partial charge in [-0.1, -0.05) is 41.5 Å². The van der Waals surface area contributed by atoms with Crippen molar-refractivity contribution in [3.05, 3.63) is 0 Å². The molecule has 4 nitrogen and oxygen atoms in total. The number of carbonyl (C=O) groups excluding carboxylic acids is 3. The van der Waals surface area contributed by atoms with E-state index in [1.54, 1.807) is 0 Å². The Morgan fingerprint density at radius 1 is 1.06 bits per heavy atom. The fraction of sp³-hybridized carbons (Fsp3) is 0.897. The number of methoxy groups -OCH3 is 1. The molecule has 0 spiro atoms. The molecule has 9 atom stereocenters. The lowest BCUT2D eigenvalue weighted by Gasteiger charge is -2.61. The van der Waals surface area contributed by atoms with E-state index in [0.29, 0.717) is 54.5 Å². The summed E-state index contributed by atoms with van der Waals surface area (Å²) in [6.45, 7) is 13.3. The third-order valence-electron chi connectivity index (χ3n) is 10.8. The first kappa shape index (κ1) is 26.4. The highest BCUT2D eigenvalue weighted by molar-refractivity contribution is 5.88. The Hall–Kier alpha value is -1.19. The van der Waals surface area contributed by atoms with Crippen LogP contribution in [0.3, 0.4) is 0 Å². The monoisotopic (exact) mass is 462 g/mol. The van der Waals surface area contributed by atoms with E-state index in [0.717, 1.165) is 32.1 Å². The van der Waals surface area contributed by atoms with E-state index < -0.39 is 0 Å². The zero-order chi connectivity index (χ0) is 24.6. The second-order valence-corrected chi connectivity index (χ2v) is 11.8. The van der Waals surface area contributed by atoms with E-state index in [4.69, 9.17) is 4.74 Å². The molecule has 190 valence electrons. The standard InChI is InChI=1S/C27H42O4.C2H6.H2/c1-6-18-22-15-17(28)11-13-27(22,4)21-12-14-26(3)19(16(2)7-10-23(29)31-5)8-9-20(26)24(21)25(18)30;1-2;/h16,18-22,24H,6-15H2,1-5H3;1-2H3;1H/t16-,18-,19?,20?,21?,22+,24?,26-,27-;;/m1../s1. The van der Waals surface area contributed by atoms with Gasteiger partial charge in [-0.05, 0) is 85.4 Å². The Morgan fingerprint density at radius 2 is 1.73 bits per heavy atom. The molecule has 4 rings (SSSR count). The van der Waals surface area contributed by atoms with Gasteiger partial charge in [0, 0.05) is 32.5 Å². The number of hydrogen-bond donors (Lipinski definition) is 0. The summed E-state index contributed by atoms with van der Waals surface area (Å²) in [6.07, 6.45) is 9.18. The van der Waals surface area contributed by atoms with Crippen molar-refractivity contribution < 1.29 is 20.5 Å². The van der Waals surface area contributed by atoms with Crippen molar-refractivity contribution in [2.75, 3.05) is 7.11 Å². The van der Waals surface area contributed by atoms with Gasteiger partial charge in [-0.25, -0.2) is 0 Å². The molecule has 0 radical (unpaired) electrons. The van der Waals surface area contributed by atoms with E-state index >= 15 is 0 Å². The van der Waals surface area contributed by atoms with E-state index in [1.165, 1.54) is 20.0 Å². The van der Waals surface area contributed by atoms with Crippen molar-refractivity contribution in [3.8, 4) is 0 Å². The van der Waals surface area contributed by atoms with E-state index in [-0.39, 0.29) is 36.0 Å². The summed E-state index contributed by atoms with van der Waals surface area (Å²) in [5, 5.41) is 0. The minimum atomic E-state index is -0.116. The average Bonchev–Trinajstić information content (AvgIpc) is 3.17. The quantitative estimate of drug-likeness (QED) is 0.417. The zero-order valence-electron chi connectivity index (χ0n) is 22.2. The van der Waals surface area contributed by atoms with Gasteiger partial charge in [0.25, 0.3) is 0 Å². The van der Waals surface area contributed by atoms with Gasteiger partial charge < -0.3 is 4.74 Å². The van der Waals surface area contributed by atoms with Gasteiger partial charge in [-0.15, -0.1) is 0 Å². The molecule has 4 aliphatic rings. The van der Waals surface area contributed by atoms with Crippen molar-refractivity contribution in [3.63, 3.8) is 0 Å². The van der Waals surface area contributed by atoms with Crippen molar-refractivity contribution in [1.82, 2.24) is 0 Å². The normalized spacial score (nSPS) is 42.9. The summed E-state index contributed by atoms with van der Waals surface area (Å²) in [5.41, 5.74) is 0.335. The summed E-state index contributed by atoms with van der Waals surface area (Å²) in [6, 6.07) is 0. The highest BCUT2D eigenvalue weighted by atomic mass is 16.5. The molecule has 4 fully saturated rings. The summed E-state index contributed by atoms with van der Waals surface area (Å²) >= 11 is 0. The van der Waals surface area contributed by atoms with Crippen molar-refractivity contribution in [2.24, 2.45) is 52.3 Å². The highest BCUT2D eigenvalue weighted by Crippen LogP contribution is 2.68. The number of carbonyl (C=O) groups is 3. The number of rotatable bonds is 5. The smallest absolute Gasteiger partial charge is 0.305 e. The molecule has 0 amide bonds. The molecule has 0 aliphatic heterocycles. The molecule has 4 aliphatic carbocycles. The van der Waals surface area contributed by atoms with Gasteiger partial charge in [-0.2, -0.15) is 0 Å². The van der Waals surface area contributed by atoms with Gasteiger partial charge >= 0.3 is 5.97 Å². The SMILES string of the molecule is CC.CC[C@H]1C(=O)C2C3CCC([C@H](C)CCC(=O)OC)[C@@]3(C)CCC2[C@@]2(C)CCC(=O)C[C@@H]12.[HH]. The molecule has 0 saturated heterocycles. The van der Waals surface area contributed by atoms with Crippen LogP contribution in [0.5, 0.6) is 0 Å². The highest BCUT2D eigenvalue weighted by Gasteiger charge is 2.65. The maximum absolute atomic E-state index is 13.9. The van der Waals surface area contributed by atoms with Crippen molar-refractivity contribution in [1.29, 1.82) is 0 Å². The number of hydrogen-bond acceptors (Lipinski definition) is 4. The average molecular weight is 463 g/mol. The van der Waals surface area contributed by atoms with Crippen LogP contribution < -0.4 is 0 Å². The summed E-state index contributed by atoms with van der Waals surface area (Å²) in [4.78, 5) is 38.0. The molecule has 0 aromatic heterocycles. The lowest BCUT2D eigenvalue weighted by atomic mass is 9.42. The summed E-state index contributed by atoms with van der Waals surface area (Å²) < 4.78 is 4.87. The molecule has 0 aromatic rings. The minimum Gasteiger partial charge on any atom is -0.469 e. The molecule has 4 heteroatoms. The van der Waals surface area contributed by atoms with Crippen LogP contribution in [0.15, 0.2) is 0 Å². The second kappa shape index (κ2) is 10.2. The number of esters is 1. The van der Waals surface area contributed by atoms with Crippen LogP contribution in [-0.4, -0.2) is 24.6 Å². The van der Waals surface area contributed by atoms with Crippen molar-refractivity contribution in [2.45, 2.75) is 106 Å². The Labute approximate surface area is 203 Å². The van der Waals surface area contributed by atoms with Crippen LogP contribution >= 0.6 is 0 Å². The van der Waals surface area contributed by atoms with Crippen LogP contribution in [0.4, 0.5) is 0 Å². The maximum atomic E-state index is 13.9. The minimum absolute atomic E-state index is 0. The van der Waals surface area contributed by atoms with Crippen LogP contribution in [0.1, 0.15) is 107 Å². The first-order valence-corrected chi connectivity index (χ1v) is 13.8. The predicted molar refractivity (Wildman–Crippen MR) is 134 cm³/mol. The lowest BCUT2D eigenvalue weighted by molar-refractivity contribution is -0.169. The number of ether oxygens (including phenoxy) is 1. The van der Waals surface area contributed by atoms with Crippen LogP contribution in [-0.2, 0) is 19.1 Å². The molecular formula is C29H50O4. The molecule has 4 unspecified atom stereocenters. The lowest BCUT2D eigenvalue weighted by Crippen LogP contribution is -2.60. The third-order valence-corrected chi connectivity index (χ3v) is 10.8. The molecule has 0 N–H and O–H groups in total. The van der Waals surface area contributed by atoms with E-state index in [9.17, 15) is 14.4 Å². The number of fused-ring (bicyclic) bond motifs is 5. The Kier molecular flexibility index (Phi) is 8.16. The predicted octanol–water partition coefficient (Wildman–Crippen LogP) is 6.89. The Morgan fingerprint density at radius 3 is 2.36 bits per heavy atom. The fourth-order valence-electron chi connectivity index (χ4n) is 9.07. The topological polar surface area (TPSA) is 60.4 Å². The first-order chi connectivity index (χ1) is 15.7. The van der Waals surface area contributed by atoms with Crippen LogP contribution in [0, 0.1) is 52.3 Å². The van der Waals surface area contributed by atoms with Crippen molar-refractivity contribution >= 4 is 17.5 Å². The van der Waals surface area contributed by atoms with Crippen LogP contribution in [0.2, 0.25) is 0 Å². The molecular weight excluding hydrogens is 412 g/mol. The van der Waals surface area contributed by atoms with Gasteiger partial charge in [0.05, 0.1) is 7.11 Å². The first-order valence-electron chi connectivity index (χ1n) is 13.8. The maximum Gasteiger partial charge on any atom is 0.305 e. The summed E-state index contributed by atoms with van der Waals surface area (Å²) in [7, 11) is 1.46. The van der Waals surface area contributed by atoms with E-state index in [2.05, 4.69) is 27.7 Å². The summed E-state index contributed by atoms with van der Waals surface area (Å²) in [5.74, 6) is 3.21. The number of Topliss-reactive ketones (excluding diaryl/α,β-unsaturated/α-hetero) is 2. The molecule has 4 saturated carbocycles. The van der Waals surface area contributed by atoms with Gasteiger partial charge in [-0.3, -0.25) is 14.4 Å². The van der Waals surface area contributed by atoms with E-state index in [1.807, 2.05) is 13.8 Å². The Balaban J connectivity index is 0.00000133. The Bertz CT molecular complexity index is 750. The zero-order valence-corrected chi connectivity index (χ0v) is 22.2. The van der Waals surface area contributed by atoms with Crippen LogP contribution in [0.25, 0.3) is 0 Å². The molecule has 33 heavy (non-hydrogen) atoms. The molecule has 0 aromatic carbocycles. The molecule has 0 bridgehead atoms. The fourth-order valence-corrected chi connectivity index (χ4v) is 9.07. The largest absolute Gasteiger partial charge is 0.469 e. The van der Waals surface area contributed by atoms with Gasteiger partial charge in [0.2, 0.25) is 0 Å². The number of ketones is 2. The molecule has 0 heterocycles. The third kappa shape index (κ3) is 4.33.